The maximum Gasteiger partial charge on any atom is 0.149 e. The number of ether oxygens (including phenoxy) is 3. The molecule has 0 saturated carbocycles. The lowest BCUT2D eigenvalue weighted by molar-refractivity contribution is -0.138. The van der Waals surface area contributed by atoms with Crippen LogP contribution in [-0.2, 0) is 25.4 Å². The molecule has 5 atom stereocenters. The molecule has 3 saturated heterocycles. The summed E-state index contributed by atoms with van der Waals surface area (Å²) < 4.78 is 19.1. The Morgan fingerprint density at radius 3 is 2.04 bits per heavy atom. The van der Waals surface area contributed by atoms with E-state index in [9.17, 15) is 0 Å². The lowest BCUT2D eigenvalue weighted by Gasteiger charge is -2.33. The molecule has 0 aliphatic carbocycles. The van der Waals surface area contributed by atoms with Gasteiger partial charge >= 0.3 is 0 Å². The van der Waals surface area contributed by atoms with Crippen molar-refractivity contribution in [2.24, 2.45) is 0 Å². The van der Waals surface area contributed by atoms with Gasteiger partial charge in [0.15, 0.2) is 0 Å². The Bertz CT molecular complexity index is 829. The number of nitrogen functional groups attached to an aromatic ring is 2. The monoisotopic (exact) mass is 353 g/mol. The normalized spacial score (nSPS) is 38.6. The SMILES string of the molecule is C[C@@]1(c2cccc(N)c2)O[C@H]2CO[C@@H]3N2[C@H]1O[C@]3(C)c1cccc(N)c1. The number of anilines is 2. The Balaban J connectivity index is 1.59. The standard InChI is InChI=1S/C20H23N3O3/c1-19(12-5-3-7-14(21)9-12)17-23-16(11-24-17)25-20(2,18(23)26-19)13-6-4-8-15(22)10-13/h3-10,16-18H,11,21-22H2,1-2H3/t16-,17-,18-,19+,20-/m0/s1. The number of rotatable bonds is 2. The zero-order chi connectivity index (χ0) is 18.1. The van der Waals surface area contributed by atoms with Crippen molar-refractivity contribution < 1.29 is 14.2 Å². The van der Waals surface area contributed by atoms with Crippen LogP contribution < -0.4 is 11.5 Å². The Labute approximate surface area is 152 Å². The van der Waals surface area contributed by atoms with Gasteiger partial charge in [0.1, 0.15) is 29.9 Å². The first kappa shape index (κ1) is 16.1. The van der Waals surface area contributed by atoms with E-state index in [0.717, 1.165) is 11.1 Å². The minimum absolute atomic E-state index is 0.140. The van der Waals surface area contributed by atoms with Gasteiger partial charge in [-0.15, -0.1) is 0 Å². The van der Waals surface area contributed by atoms with Crippen molar-refractivity contribution in [1.82, 2.24) is 4.90 Å². The van der Waals surface area contributed by atoms with Gasteiger partial charge in [-0.25, -0.2) is 4.90 Å². The van der Waals surface area contributed by atoms with Gasteiger partial charge in [-0.3, -0.25) is 0 Å². The Morgan fingerprint density at radius 2 is 1.46 bits per heavy atom. The van der Waals surface area contributed by atoms with Gasteiger partial charge in [0, 0.05) is 11.4 Å². The van der Waals surface area contributed by atoms with E-state index in [-0.39, 0.29) is 18.7 Å². The van der Waals surface area contributed by atoms with Crippen molar-refractivity contribution in [3.63, 3.8) is 0 Å². The molecule has 6 nitrogen and oxygen atoms in total. The van der Waals surface area contributed by atoms with Crippen LogP contribution in [0.4, 0.5) is 11.4 Å². The summed E-state index contributed by atoms with van der Waals surface area (Å²) in [6, 6.07) is 15.6. The highest BCUT2D eigenvalue weighted by molar-refractivity contribution is 5.45. The van der Waals surface area contributed by atoms with Gasteiger partial charge in [-0.05, 0) is 49.2 Å². The zero-order valence-corrected chi connectivity index (χ0v) is 14.9. The van der Waals surface area contributed by atoms with E-state index < -0.39 is 11.2 Å². The molecule has 2 aromatic rings. The molecule has 3 heterocycles. The fourth-order valence-corrected chi connectivity index (χ4v) is 4.51. The third-order valence-corrected chi connectivity index (χ3v) is 5.87. The van der Waals surface area contributed by atoms with Crippen LogP contribution in [-0.4, -0.2) is 30.2 Å². The first-order chi connectivity index (χ1) is 12.4. The summed E-state index contributed by atoms with van der Waals surface area (Å²) in [7, 11) is 0. The molecule has 3 aliphatic heterocycles. The quantitative estimate of drug-likeness (QED) is 0.807. The van der Waals surface area contributed by atoms with Crippen LogP contribution in [0.1, 0.15) is 25.0 Å². The Hall–Kier alpha value is -2.12. The van der Waals surface area contributed by atoms with E-state index in [4.69, 9.17) is 25.7 Å². The van der Waals surface area contributed by atoms with Crippen molar-refractivity contribution in [3.05, 3.63) is 59.7 Å². The maximum atomic E-state index is 6.64. The second-order valence-electron chi connectivity index (χ2n) is 7.64. The molecule has 3 fully saturated rings. The van der Waals surface area contributed by atoms with Crippen LogP contribution in [0.5, 0.6) is 0 Å². The van der Waals surface area contributed by atoms with E-state index >= 15 is 0 Å². The van der Waals surface area contributed by atoms with Gasteiger partial charge < -0.3 is 25.7 Å². The molecule has 0 aromatic heterocycles. The molecular weight excluding hydrogens is 330 g/mol. The molecule has 0 radical (unpaired) electrons. The molecule has 5 rings (SSSR count). The van der Waals surface area contributed by atoms with Crippen molar-refractivity contribution in [3.8, 4) is 0 Å². The fraction of sp³-hybridized carbons (Fsp3) is 0.400. The lowest BCUT2D eigenvalue weighted by Crippen LogP contribution is -2.40. The van der Waals surface area contributed by atoms with Crippen molar-refractivity contribution >= 4 is 11.4 Å². The van der Waals surface area contributed by atoms with Gasteiger partial charge in [0.25, 0.3) is 0 Å². The maximum absolute atomic E-state index is 6.64. The van der Waals surface area contributed by atoms with Crippen molar-refractivity contribution in [1.29, 1.82) is 0 Å². The first-order valence-corrected chi connectivity index (χ1v) is 8.88. The van der Waals surface area contributed by atoms with E-state index in [1.807, 2.05) is 48.5 Å². The molecular formula is C20H23N3O3. The van der Waals surface area contributed by atoms with Crippen molar-refractivity contribution in [2.45, 2.75) is 43.7 Å². The van der Waals surface area contributed by atoms with Crippen molar-refractivity contribution in [2.75, 3.05) is 18.1 Å². The van der Waals surface area contributed by atoms with Gasteiger partial charge in [0.05, 0.1) is 6.61 Å². The third kappa shape index (κ3) is 2.01. The van der Waals surface area contributed by atoms with Crippen LogP contribution in [0.2, 0.25) is 0 Å². The molecule has 0 spiro atoms. The smallest absolute Gasteiger partial charge is 0.149 e. The number of nitrogens with zero attached hydrogens (tertiary/aromatic N) is 1. The molecule has 0 unspecified atom stereocenters. The first-order valence-electron chi connectivity index (χ1n) is 8.88. The van der Waals surface area contributed by atoms with E-state index in [2.05, 4.69) is 18.7 Å². The Morgan fingerprint density at radius 1 is 0.885 bits per heavy atom. The molecule has 4 N–H and O–H groups in total. The molecule has 2 aromatic carbocycles. The highest BCUT2D eigenvalue weighted by Crippen LogP contribution is 2.55. The lowest BCUT2D eigenvalue weighted by atomic mass is 9.93. The zero-order valence-electron chi connectivity index (χ0n) is 14.9. The average Bonchev–Trinajstić information content (AvgIpc) is 3.24. The number of hydrogen-bond acceptors (Lipinski definition) is 6. The highest BCUT2D eigenvalue weighted by atomic mass is 16.7. The van der Waals surface area contributed by atoms with Gasteiger partial charge in [-0.2, -0.15) is 0 Å². The van der Waals surface area contributed by atoms with Crippen LogP contribution in [0.3, 0.4) is 0 Å². The summed E-state index contributed by atoms with van der Waals surface area (Å²) in [5.74, 6) is 0. The Kier molecular flexibility index (Phi) is 3.22. The average molecular weight is 353 g/mol. The summed E-state index contributed by atoms with van der Waals surface area (Å²) in [5.41, 5.74) is 14.2. The minimum atomic E-state index is -0.625. The number of nitrogens with two attached hydrogens (primary N) is 2. The van der Waals surface area contributed by atoms with E-state index in [0.29, 0.717) is 18.0 Å². The van der Waals surface area contributed by atoms with Gasteiger partial charge in [-0.1, -0.05) is 24.3 Å². The minimum Gasteiger partial charge on any atom is -0.399 e. The van der Waals surface area contributed by atoms with E-state index in [1.54, 1.807) is 0 Å². The summed E-state index contributed by atoms with van der Waals surface area (Å²) >= 11 is 0. The topological polar surface area (TPSA) is 83.0 Å². The van der Waals surface area contributed by atoms with Crippen LogP contribution in [0.15, 0.2) is 48.5 Å². The fourth-order valence-electron chi connectivity index (χ4n) is 4.51. The molecule has 136 valence electrons. The van der Waals surface area contributed by atoms with Crippen LogP contribution >= 0.6 is 0 Å². The van der Waals surface area contributed by atoms with Crippen LogP contribution in [0, 0.1) is 0 Å². The summed E-state index contributed by atoms with van der Waals surface area (Å²) in [5, 5.41) is 0. The molecule has 6 heteroatoms. The highest BCUT2D eigenvalue weighted by Gasteiger charge is 2.68. The third-order valence-electron chi connectivity index (χ3n) is 5.87. The second kappa shape index (κ2) is 5.20. The molecule has 26 heavy (non-hydrogen) atoms. The summed E-state index contributed by atoms with van der Waals surface area (Å²) in [6.45, 7) is 4.64. The largest absolute Gasteiger partial charge is 0.399 e. The van der Waals surface area contributed by atoms with Gasteiger partial charge in [0.2, 0.25) is 0 Å². The second-order valence-corrected chi connectivity index (χ2v) is 7.64. The molecule has 3 aliphatic rings. The molecule has 0 amide bonds. The predicted molar refractivity (Wildman–Crippen MR) is 97.7 cm³/mol. The summed E-state index contributed by atoms with van der Waals surface area (Å²) in [6.07, 6.45) is -0.630. The van der Waals surface area contributed by atoms with E-state index in [1.165, 1.54) is 0 Å². The molecule has 0 bridgehead atoms. The summed E-state index contributed by atoms with van der Waals surface area (Å²) in [4.78, 5) is 2.20. The predicted octanol–water partition coefficient (Wildman–Crippen LogP) is 2.35. The van der Waals surface area contributed by atoms with Crippen LogP contribution in [0.25, 0.3) is 0 Å². The number of benzene rings is 2. The number of hydrogen-bond donors (Lipinski definition) is 2.